The minimum atomic E-state index is 0.0682. The van der Waals surface area contributed by atoms with E-state index >= 15 is 0 Å². The van der Waals surface area contributed by atoms with Gasteiger partial charge in [0.2, 0.25) is 0 Å². The molecule has 1 saturated heterocycles. The molecule has 0 bridgehead atoms. The third-order valence-electron chi connectivity index (χ3n) is 4.49. The van der Waals surface area contributed by atoms with Gasteiger partial charge in [-0.05, 0) is 62.2 Å². The smallest absolute Gasteiger partial charge is 0.251 e. The van der Waals surface area contributed by atoms with Gasteiger partial charge in [0.05, 0.1) is 0 Å². The van der Waals surface area contributed by atoms with Crippen molar-refractivity contribution in [3.63, 3.8) is 0 Å². The molecular formula is C16H23N3O. The monoisotopic (exact) mass is 273 g/mol. The molecule has 2 aliphatic rings. The molecule has 1 amide bonds. The van der Waals surface area contributed by atoms with Crippen LogP contribution in [0.4, 0.5) is 0 Å². The Labute approximate surface area is 120 Å². The molecule has 2 heterocycles. The van der Waals surface area contributed by atoms with Gasteiger partial charge in [-0.25, -0.2) is 0 Å². The Morgan fingerprint density at radius 3 is 2.85 bits per heavy atom. The number of nitrogens with zero attached hydrogens (tertiary/aromatic N) is 1. The largest absolute Gasteiger partial charge is 0.352 e. The van der Waals surface area contributed by atoms with Crippen LogP contribution in [0.25, 0.3) is 0 Å². The molecule has 2 aliphatic heterocycles. The maximum Gasteiger partial charge on any atom is 0.251 e. The number of hydrogen-bond donors (Lipinski definition) is 2. The SMILES string of the molecule is CN1CCC(CNC(=O)c2ccc3c(c2)CNC3)CC1. The fraction of sp³-hybridized carbons (Fsp3) is 0.562. The van der Waals surface area contributed by atoms with E-state index in [9.17, 15) is 4.79 Å². The first-order chi connectivity index (χ1) is 9.72. The summed E-state index contributed by atoms with van der Waals surface area (Å²) in [4.78, 5) is 14.6. The minimum absolute atomic E-state index is 0.0682. The third kappa shape index (κ3) is 3.02. The van der Waals surface area contributed by atoms with Gasteiger partial charge in [-0.2, -0.15) is 0 Å². The number of hydrogen-bond acceptors (Lipinski definition) is 3. The molecule has 1 aromatic carbocycles. The molecule has 108 valence electrons. The number of piperidine rings is 1. The van der Waals surface area contributed by atoms with Gasteiger partial charge < -0.3 is 15.5 Å². The van der Waals surface area contributed by atoms with E-state index in [2.05, 4.69) is 28.6 Å². The Bertz CT molecular complexity index is 492. The lowest BCUT2D eigenvalue weighted by atomic mass is 9.97. The molecule has 4 heteroatoms. The number of nitrogens with one attached hydrogen (secondary N) is 2. The number of benzene rings is 1. The summed E-state index contributed by atoms with van der Waals surface area (Å²) in [6, 6.07) is 6.04. The number of likely N-dealkylation sites (tertiary alicyclic amines) is 1. The first-order valence-electron chi connectivity index (χ1n) is 7.51. The number of rotatable bonds is 3. The quantitative estimate of drug-likeness (QED) is 0.874. The zero-order valence-corrected chi connectivity index (χ0v) is 12.1. The van der Waals surface area contributed by atoms with Gasteiger partial charge in [-0.1, -0.05) is 6.07 Å². The second-order valence-corrected chi connectivity index (χ2v) is 6.04. The first kappa shape index (κ1) is 13.6. The summed E-state index contributed by atoms with van der Waals surface area (Å²) >= 11 is 0. The Balaban J connectivity index is 1.54. The van der Waals surface area contributed by atoms with Crippen molar-refractivity contribution in [3.05, 3.63) is 34.9 Å². The van der Waals surface area contributed by atoms with Crippen LogP contribution >= 0.6 is 0 Å². The van der Waals surface area contributed by atoms with E-state index in [-0.39, 0.29) is 5.91 Å². The highest BCUT2D eigenvalue weighted by Crippen LogP contribution is 2.18. The highest BCUT2D eigenvalue weighted by Gasteiger charge is 2.18. The fourth-order valence-corrected chi connectivity index (χ4v) is 3.04. The predicted molar refractivity (Wildman–Crippen MR) is 79.5 cm³/mol. The molecule has 20 heavy (non-hydrogen) atoms. The number of amides is 1. The van der Waals surface area contributed by atoms with Crippen molar-refractivity contribution in [2.75, 3.05) is 26.7 Å². The number of carbonyl (C=O) groups excluding carboxylic acids is 1. The molecule has 1 aromatic rings. The summed E-state index contributed by atoms with van der Waals surface area (Å²) < 4.78 is 0. The van der Waals surface area contributed by atoms with Crippen LogP contribution < -0.4 is 10.6 Å². The normalized spacial score (nSPS) is 19.9. The molecule has 4 nitrogen and oxygen atoms in total. The van der Waals surface area contributed by atoms with Crippen LogP contribution in [0, 0.1) is 5.92 Å². The lowest BCUT2D eigenvalue weighted by Gasteiger charge is -2.28. The van der Waals surface area contributed by atoms with E-state index in [1.807, 2.05) is 12.1 Å². The van der Waals surface area contributed by atoms with E-state index in [1.165, 1.54) is 24.0 Å². The second-order valence-electron chi connectivity index (χ2n) is 6.04. The van der Waals surface area contributed by atoms with Crippen LogP contribution in [0.3, 0.4) is 0 Å². The van der Waals surface area contributed by atoms with Crippen molar-refractivity contribution in [3.8, 4) is 0 Å². The van der Waals surface area contributed by atoms with E-state index in [1.54, 1.807) is 0 Å². The highest BCUT2D eigenvalue weighted by atomic mass is 16.1. The van der Waals surface area contributed by atoms with E-state index < -0.39 is 0 Å². The minimum Gasteiger partial charge on any atom is -0.352 e. The summed E-state index contributed by atoms with van der Waals surface area (Å²) in [7, 11) is 2.16. The van der Waals surface area contributed by atoms with Crippen molar-refractivity contribution < 1.29 is 4.79 Å². The van der Waals surface area contributed by atoms with Crippen molar-refractivity contribution in [1.82, 2.24) is 15.5 Å². The molecule has 0 spiro atoms. The van der Waals surface area contributed by atoms with Gasteiger partial charge in [0.25, 0.3) is 5.91 Å². The first-order valence-corrected chi connectivity index (χ1v) is 7.51. The molecule has 0 aromatic heterocycles. The van der Waals surface area contributed by atoms with Crippen LogP contribution in [0.5, 0.6) is 0 Å². The fourth-order valence-electron chi connectivity index (χ4n) is 3.04. The zero-order chi connectivity index (χ0) is 13.9. The standard InChI is InChI=1S/C16H23N3O/c1-19-6-4-12(5-7-19)9-18-16(20)13-2-3-14-10-17-11-15(14)8-13/h2-3,8,12,17H,4-7,9-11H2,1H3,(H,18,20). The number of fused-ring (bicyclic) bond motifs is 1. The predicted octanol–water partition coefficient (Wildman–Crippen LogP) is 1.36. The summed E-state index contributed by atoms with van der Waals surface area (Å²) in [5.74, 6) is 0.699. The van der Waals surface area contributed by atoms with Crippen LogP contribution in [-0.2, 0) is 13.1 Å². The van der Waals surface area contributed by atoms with Crippen LogP contribution in [0.1, 0.15) is 34.3 Å². The average molecular weight is 273 g/mol. The Hall–Kier alpha value is -1.39. The molecule has 1 fully saturated rings. The molecule has 0 atom stereocenters. The molecule has 0 radical (unpaired) electrons. The van der Waals surface area contributed by atoms with Gasteiger partial charge in [-0.15, -0.1) is 0 Å². The Morgan fingerprint density at radius 2 is 2.05 bits per heavy atom. The molecule has 2 N–H and O–H groups in total. The Morgan fingerprint density at radius 1 is 1.30 bits per heavy atom. The summed E-state index contributed by atoms with van der Waals surface area (Å²) in [5.41, 5.74) is 3.37. The van der Waals surface area contributed by atoms with Crippen LogP contribution in [0.15, 0.2) is 18.2 Å². The van der Waals surface area contributed by atoms with E-state index in [4.69, 9.17) is 0 Å². The van der Waals surface area contributed by atoms with Gasteiger partial charge in [0.1, 0.15) is 0 Å². The van der Waals surface area contributed by atoms with Crippen molar-refractivity contribution in [2.45, 2.75) is 25.9 Å². The van der Waals surface area contributed by atoms with Crippen molar-refractivity contribution in [1.29, 1.82) is 0 Å². The lowest BCUT2D eigenvalue weighted by molar-refractivity contribution is 0.0939. The topological polar surface area (TPSA) is 44.4 Å². The second kappa shape index (κ2) is 5.94. The van der Waals surface area contributed by atoms with Gasteiger partial charge in [0, 0.05) is 25.2 Å². The maximum absolute atomic E-state index is 12.2. The summed E-state index contributed by atoms with van der Waals surface area (Å²) in [5, 5.41) is 6.40. The summed E-state index contributed by atoms with van der Waals surface area (Å²) in [6.45, 7) is 4.90. The highest BCUT2D eigenvalue weighted by molar-refractivity contribution is 5.94. The zero-order valence-electron chi connectivity index (χ0n) is 12.1. The van der Waals surface area contributed by atoms with Gasteiger partial charge >= 0.3 is 0 Å². The van der Waals surface area contributed by atoms with E-state index in [0.717, 1.165) is 38.3 Å². The van der Waals surface area contributed by atoms with E-state index in [0.29, 0.717) is 5.92 Å². The van der Waals surface area contributed by atoms with Gasteiger partial charge in [-0.3, -0.25) is 4.79 Å². The molecule has 0 saturated carbocycles. The molecular weight excluding hydrogens is 250 g/mol. The Kier molecular flexibility index (Phi) is 4.03. The maximum atomic E-state index is 12.2. The van der Waals surface area contributed by atoms with Crippen molar-refractivity contribution >= 4 is 5.91 Å². The molecule has 0 aliphatic carbocycles. The van der Waals surface area contributed by atoms with Crippen LogP contribution in [-0.4, -0.2) is 37.5 Å². The third-order valence-corrected chi connectivity index (χ3v) is 4.49. The average Bonchev–Trinajstić information content (AvgIpc) is 2.93. The molecule has 3 rings (SSSR count). The molecule has 0 unspecified atom stereocenters. The summed E-state index contributed by atoms with van der Waals surface area (Å²) in [6.07, 6.45) is 2.37. The van der Waals surface area contributed by atoms with Crippen LogP contribution in [0.2, 0.25) is 0 Å². The lowest BCUT2D eigenvalue weighted by Crippen LogP contribution is -2.36. The van der Waals surface area contributed by atoms with Gasteiger partial charge in [0.15, 0.2) is 0 Å². The number of carbonyl (C=O) groups is 1. The van der Waals surface area contributed by atoms with Crippen molar-refractivity contribution in [2.24, 2.45) is 5.92 Å².